The first-order valence-corrected chi connectivity index (χ1v) is 5.76. The Hall–Kier alpha value is -2.56. The van der Waals surface area contributed by atoms with E-state index in [0.717, 1.165) is 11.1 Å². The number of hydrogen-bond donors (Lipinski definition) is 1. The molecule has 0 saturated heterocycles. The molecular weight excluding hydrogens is 244 g/mol. The van der Waals surface area contributed by atoms with Crippen LogP contribution in [0.5, 0.6) is 11.5 Å². The molecule has 5 heteroatoms. The maximum atomic E-state index is 10.6. The van der Waals surface area contributed by atoms with Crippen LogP contribution >= 0.6 is 0 Å². The number of hydrogen-bond acceptors (Lipinski definition) is 4. The number of nitrogens with zero attached hydrogens (tertiary/aromatic N) is 1. The fraction of sp³-hybridized carbons (Fsp3) is 0.143. The molecule has 0 aliphatic rings. The van der Waals surface area contributed by atoms with E-state index in [1.54, 1.807) is 0 Å². The zero-order valence-electron chi connectivity index (χ0n) is 10.7. The third kappa shape index (κ3) is 2.82. The van der Waals surface area contributed by atoms with Crippen LogP contribution in [0.3, 0.4) is 0 Å². The van der Waals surface area contributed by atoms with Gasteiger partial charge in [0.05, 0.1) is 10.6 Å². The monoisotopic (exact) mass is 258 g/mol. The Morgan fingerprint density at radius 1 is 1.11 bits per heavy atom. The Labute approximate surface area is 110 Å². The number of nitro benzene ring substituents is 1. The highest BCUT2D eigenvalue weighted by Gasteiger charge is 2.11. The summed E-state index contributed by atoms with van der Waals surface area (Å²) in [6.45, 7) is 3.89. The van der Waals surface area contributed by atoms with Crippen LogP contribution in [0.2, 0.25) is 0 Å². The van der Waals surface area contributed by atoms with E-state index in [4.69, 9.17) is 10.5 Å². The highest BCUT2D eigenvalue weighted by atomic mass is 16.6. The van der Waals surface area contributed by atoms with Gasteiger partial charge in [-0.3, -0.25) is 10.1 Å². The van der Waals surface area contributed by atoms with E-state index in [2.05, 4.69) is 0 Å². The summed E-state index contributed by atoms with van der Waals surface area (Å²) in [5, 5.41) is 10.6. The van der Waals surface area contributed by atoms with Crippen molar-refractivity contribution in [3.05, 3.63) is 57.6 Å². The average molecular weight is 258 g/mol. The van der Waals surface area contributed by atoms with Crippen LogP contribution in [-0.4, -0.2) is 4.92 Å². The molecule has 0 spiro atoms. The molecule has 0 aliphatic carbocycles. The van der Waals surface area contributed by atoms with Gasteiger partial charge in [0, 0.05) is 12.1 Å². The molecule has 0 fully saturated rings. The molecule has 19 heavy (non-hydrogen) atoms. The van der Waals surface area contributed by atoms with E-state index in [1.165, 1.54) is 18.2 Å². The van der Waals surface area contributed by atoms with Gasteiger partial charge >= 0.3 is 0 Å². The van der Waals surface area contributed by atoms with Gasteiger partial charge in [0.25, 0.3) is 5.69 Å². The van der Waals surface area contributed by atoms with Crippen molar-refractivity contribution in [2.24, 2.45) is 0 Å². The quantitative estimate of drug-likeness (QED) is 0.518. The largest absolute Gasteiger partial charge is 0.455 e. The molecule has 98 valence electrons. The van der Waals surface area contributed by atoms with Crippen molar-refractivity contribution in [2.45, 2.75) is 13.8 Å². The first-order valence-electron chi connectivity index (χ1n) is 5.76. The Morgan fingerprint density at radius 3 is 2.47 bits per heavy atom. The first kappa shape index (κ1) is 12.9. The molecule has 5 nitrogen and oxygen atoms in total. The van der Waals surface area contributed by atoms with Crippen LogP contribution < -0.4 is 10.5 Å². The van der Waals surface area contributed by atoms with Crippen molar-refractivity contribution in [1.82, 2.24) is 0 Å². The van der Waals surface area contributed by atoms with E-state index in [-0.39, 0.29) is 11.4 Å². The molecule has 0 heterocycles. The summed E-state index contributed by atoms with van der Waals surface area (Å²) < 4.78 is 5.71. The number of nitro groups is 1. The smallest absolute Gasteiger partial charge is 0.271 e. The highest BCUT2D eigenvalue weighted by Crippen LogP contribution is 2.32. The zero-order valence-corrected chi connectivity index (χ0v) is 10.7. The highest BCUT2D eigenvalue weighted by molar-refractivity contribution is 5.59. The molecule has 2 N–H and O–H groups in total. The van der Waals surface area contributed by atoms with Crippen molar-refractivity contribution in [1.29, 1.82) is 0 Å². The maximum absolute atomic E-state index is 10.6. The number of benzene rings is 2. The van der Waals surface area contributed by atoms with Crippen LogP contribution in [0.4, 0.5) is 11.4 Å². The molecule has 0 aliphatic heterocycles. The van der Waals surface area contributed by atoms with Crippen LogP contribution in [0, 0.1) is 24.0 Å². The van der Waals surface area contributed by atoms with E-state index in [0.29, 0.717) is 11.5 Å². The van der Waals surface area contributed by atoms with Gasteiger partial charge in [-0.2, -0.15) is 0 Å². The third-order valence-electron chi connectivity index (χ3n) is 2.77. The molecule has 0 aromatic heterocycles. The summed E-state index contributed by atoms with van der Waals surface area (Å²) in [5.74, 6) is 1.11. The van der Waals surface area contributed by atoms with Crippen molar-refractivity contribution >= 4 is 11.4 Å². The SMILES string of the molecule is Cc1ccc(C)c(Oc2ccc([N+](=O)[O-])cc2N)c1. The predicted molar refractivity (Wildman–Crippen MR) is 73.5 cm³/mol. The standard InChI is InChI=1S/C14H14N2O3/c1-9-3-4-10(2)14(7-9)19-13-6-5-11(16(17)18)8-12(13)15/h3-8H,15H2,1-2H3. The number of non-ortho nitro benzene ring substituents is 1. The van der Waals surface area contributed by atoms with Gasteiger partial charge < -0.3 is 10.5 Å². The molecule has 2 rings (SSSR count). The number of ether oxygens (including phenoxy) is 1. The van der Waals surface area contributed by atoms with E-state index < -0.39 is 4.92 Å². The second-order valence-corrected chi connectivity index (χ2v) is 4.35. The van der Waals surface area contributed by atoms with E-state index in [1.807, 2.05) is 32.0 Å². The molecule has 0 atom stereocenters. The molecular formula is C14H14N2O3. The number of nitrogen functional groups attached to an aromatic ring is 1. The molecule has 2 aromatic rings. The van der Waals surface area contributed by atoms with Crippen LogP contribution in [0.1, 0.15) is 11.1 Å². The molecule has 0 saturated carbocycles. The van der Waals surface area contributed by atoms with Gasteiger partial charge in [0.15, 0.2) is 5.75 Å². The van der Waals surface area contributed by atoms with Gasteiger partial charge in [-0.15, -0.1) is 0 Å². The lowest BCUT2D eigenvalue weighted by atomic mass is 10.1. The summed E-state index contributed by atoms with van der Waals surface area (Å²) in [7, 11) is 0. The lowest BCUT2D eigenvalue weighted by molar-refractivity contribution is -0.384. The fourth-order valence-electron chi connectivity index (χ4n) is 1.68. The van der Waals surface area contributed by atoms with Gasteiger partial charge in [-0.1, -0.05) is 12.1 Å². The van der Waals surface area contributed by atoms with E-state index >= 15 is 0 Å². The Bertz CT molecular complexity index is 639. The topological polar surface area (TPSA) is 78.4 Å². The molecule has 0 bridgehead atoms. The zero-order chi connectivity index (χ0) is 14.0. The Morgan fingerprint density at radius 2 is 1.84 bits per heavy atom. The van der Waals surface area contributed by atoms with Crippen molar-refractivity contribution in [3.63, 3.8) is 0 Å². The molecule has 2 aromatic carbocycles. The third-order valence-corrected chi connectivity index (χ3v) is 2.77. The van der Waals surface area contributed by atoms with E-state index in [9.17, 15) is 10.1 Å². The average Bonchev–Trinajstić information content (AvgIpc) is 2.36. The molecule has 0 amide bonds. The Kier molecular flexibility index (Phi) is 3.37. The second kappa shape index (κ2) is 4.97. The minimum Gasteiger partial charge on any atom is -0.455 e. The maximum Gasteiger partial charge on any atom is 0.271 e. The summed E-state index contributed by atoms with van der Waals surface area (Å²) in [6, 6.07) is 10.0. The number of aryl methyl sites for hydroxylation is 2. The summed E-state index contributed by atoms with van der Waals surface area (Å²) in [4.78, 5) is 10.1. The minimum absolute atomic E-state index is 0.0502. The van der Waals surface area contributed by atoms with Crippen LogP contribution in [-0.2, 0) is 0 Å². The number of nitrogens with two attached hydrogens (primary N) is 1. The Balaban J connectivity index is 2.33. The van der Waals surface area contributed by atoms with Crippen LogP contribution in [0.15, 0.2) is 36.4 Å². The minimum atomic E-state index is -0.488. The van der Waals surface area contributed by atoms with Crippen molar-refractivity contribution in [2.75, 3.05) is 5.73 Å². The number of anilines is 1. The van der Waals surface area contributed by atoms with Gasteiger partial charge in [0.1, 0.15) is 5.75 Å². The number of rotatable bonds is 3. The van der Waals surface area contributed by atoms with Crippen LogP contribution in [0.25, 0.3) is 0 Å². The van der Waals surface area contributed by atoms with Gasteiger partial charge in [-0.25, -0.2) is 0 Å². The van der Waals surface area contributed by atoms with Gasteiger partial charge in [-0.05, 0) is 37.1 Å². The summed E-state index contributed by atoms with van der Waals surface area (Å²) >= 11 is 0. The fourth-order valence-corrected chi connectivity index (χ4v) is 1.68. The molecule has 0 radical (unpaired) electrons. The normalized spacial score (nSPS) is 10.2. The molecule has 0 unspecified atom stereocenters. The first-order chi connectivity index (χ1) is 8.97. The second-order valence-electron chi connectivity index (χ2n) is 4.35. The lowest BCUT2D eigenvalue weighted by Crippen LogP contribution is -1.96. The lowest BCUT2D eigenvalue weighted by Gasteiger charge is -2.11. The summed E-state index contributed by atoms with van der Waals surface area (Å²) in [5.41, 5.74) is 8.01. The van der Waals surface area contributed by atoms with Crippen molar-refractivity contribution in [3.8, 4) is 11.5 Å². The summed E-state index contributed by atoms with van der Waals surface area (Å²) in [6.07, 6.45) is 0. The van der Waals surface area contributed by atoms with Gasteiger partial charge in [0.2, 0.25) is 0 Å². The predicted octanol–water partition coefficient (Wildman–Crippen LogP) is 3.59. The van der Waals surface area contributed by atoms with Crippen molar-refractivity contribution < 1.29 is 9.66 Å².